The minimum absolute atomic E-state index is 0.0420. The van der Waals surface area contributed by atoms with Crippen molar-refractivity contribution >= 4 is 17.5 Å². The first-order valence-electron chi connectivity index (χ1n) is 6.94. The van der Waals surface area contributed by atoms with E-state index in [0.29, 0.717) is 19.8 Å². The predicted octanol–water partition coefficient (Wildman–Crippen LogP) is 1.73. The molecule has 1 atom stereocenters. The third kappa shape index (κ3) is 3.21. The molecule has 2 rings (SSSR count). The minimum atomic E-state index is -0.642. The third-order valence-electron chi connectivity index (χ3n) is 3.78. The van der Waals surface area contributed by atoms with Crippen molar-refractivity contribution in [3.8, 4) is 0 Å². The third-order valence-corrected chi connectivity index (χ3v) is 4.01. The van der Waals surface area contributed by atoms with Crippen molar-refractivity contribution in [2.24, 2.45) is 0 Å². The van der Waals surface area contributed by atoms with Gasteiger partial charge in [0.05, 0.1) is 19.3 Å². The number of hydrogen-bond donors (Lipinski definition) is 0. The van der Waals surface area contributed by atoms with E-state index in [1.54, 1.807) is 4.90 Å². The van der Waals surface area contributed by atoms with Crippen molar-refractivity contribution in [2.75, 3.05) is 32.4 Å². The summed E-state index contributed by atoms with van der Waals surface area (Å²) in [4.78, 5) is 13.7. The molecule has 1 saturated carbocycles. The summed E-state index contributed by atoms with van der Waals surface area (Å²) in [7, 11) is 0. The number of carbonyl (C=O) groups excluding carboxylic acids is 1. The number of nitrogens with zero attached hydrogens (tertiary/aromatic N) is 1. The highest BCUT2D eigenvalue weighted by Crippen LogP contribution is 2.38. The maximum atomic E-state index is 12.1. The molecule has 1 aliphatic carbocycles. The summed E-state index contributed by atoms with van der Waals surface area (Å²) in [5.41, 5.74) is 0. The summed E-state index contributed by atoms with van der Waals surface area (Å²) in [6.45, 7) is 3.90. The molecular formula is C13H22ClNO4. The van der Waals surface area contributed by atoms with Gasteiger partial charge in [-0.25, -0.2) is 0 Å². The maximum Gasteiger partial charge on any atom is 0.239 e. The lowest BCUT2D eigenvalue weighted by Crippen LogP contribution is -2.58. The fourth-order valence-electron chi connectivity index (χ4n) is 2.90. The SMILES string of the molecule is CCOCN(C(=O)CCl)C1CCCCC12OCCO2. The van der Waals surface area contributed by atoms with Crippen LogP contribution in [-0.4, -0.2) is 55.1 Å². The highest BCUT2D eigenvalue weighted by atomic mass is 35.5. The lowest BCUT2D eigenvalue weighted by molar-refractivity contribution is -0.226. The lowest BCUT2D eigenvalue weighted by atomic mass is 9.88. The van der Waals surface area contributed by atoms with Gasteiger partial charge in [-0.15, -0.1) is 11.6 Å². The second kappa shape index (κ2) is 6.88. The quantitative estimate of drug-likeness (QED) is 0.572. The van der Waals surface area contributed by atoms with E-state index in [-0.39, 0.29) is 24.6 Å². The van der Waals surface area contributed by atoms with Crippen LogP contribution in [0.15, 0.2) is 0 Å². The molecule has 0 N–H and O–H groups in total. The van der Waals surface area contributed by atoms with E-state index >= 15 is 0 Å². The van der Waals surface area contributed by atoms with Crippen molar-refractivity contribution in [1.82, 2.24) is 4.90 Å². The van der Waals surface area contributed by atoms with Gasteiger partial charge in [-0.1, -0.05) is 6.42 Å². The first kappa shape index (κ1) is 15.0. The molecule has 110 valence electrons. The molecule has 2 aliphatic rings. The van der Waals surface area contributed by atoms with Crippen LogP contribution in [0, 0.1) is 0 Å². The van der Waals surface area contributed by atoms with E-state index in [1.807, 2.05) is 6.92 Å². The topological polar surface area (TPSA) is 48.0 Å². The van der Waals surface area contributed by atoms with E-state index in [2.05, 4.69) is 0 Å². The highest BCUT2D eigenvalue weighted by Gasteiger charge is 2.49. The molecule has 0 aromatic carbocycles. The van der Waals surface area contributed by atoms with Gasteiger partial charge in [-0.3, -0.25) is 4.79 Å². The molecule has 1 spiro atoms. The van der Waals surface area contributed by atoms with Crippen LogP contribution < -0.4 is 0 Å². The van der Waals surface area contributed by atoms with Crippen LogP contribution in [-0.2, 0) is 19.0 Å². The predicted molar refractivity (Wildman–Crippen MR) is 71.0 cm³/mol. The van der Waals surface area contributed by atoms with Gasteiger partial charge in [0, 0.05) is 13.0 Å². The first-order valence-corrected chi connectivity index (χ1v) is 7.48. The Morgan fingerprint density at radius 2 is 2.16 bits per heavy atom. The van der Waals surface area contributed by atoms with Gasteiger partial charge < -0.3 is 19.1 Å². The second-order valence-corrected chi connectivity index (χ2v) is 5.16. The summed E-state index contributed by atoms with van der Waals surface area (Å²) in [6, 6.07) is -0.0958. The van der Waals surface area contributed by atoms with Crippen molar-refractivity contribution < 1.29 is 19.0 Å². The maximum absolute atomic E-state index is 12.1. The Kier molecular flexibility index (Phi) is 5.45. The number of ether oxygens (including phenoxy) is 3. The Bertz CT molecular complexity index is 307. The van der Waals surface area contributed by atoms with Crippen LogP contribution in [0.25, 0.3) is 0 Å². The van der Waals surface area contributed by atoms with Gasteiger partial charge in [0.1, 0.15) is 12.6 Å². The van der Waals surface area contributed by atoms with E-state index in [4.69, 9.17) is 25.8 Å². The normalized spacial score (nSPS) is 25.7. The molecule has 0 radical (unpaired) electrons. The van der Waals surface area contributed by atoms with E-state index in [9.17, 15) is 4.79 Å². The summed E-state index contributed by atoms with van der Waals surface area (Å²) >= 11 is 5.71. The molecule has 1 aliphatic heterocycles. The van der Waals surface area contributed by atoms with Crippen LogP contribution in [0.2, 0.25) is 0 Å². The molecule has 19 heavy (non-hydrogen) atoms. The fourth-order valence-corrected chi connectivity index (χ4v) is 3.05. The zero-order valence-corrected chi connectivity index (χ0v) is 12.2. The molecule has 1 amide bonds. The molecule has 0 aromatic heterocycles. The van der Waals surface area contributed by atoms with Gasteiger partial charge in [0.2, 0.25) is 5.91 Å². The van der Waals surface area contributed by atoms with Gasteiger partial charge in [0.25, 0.3) is 0 Å². The molecule has 0 bridgehead atoms. The number of rotatable bonds is 5. The molecule has 5 nitrogen and oxygen atoms in total. The van der Waals surface area contributed by atoms with Crippen molar-refractivity contribution in [3.63, 3.8) is 0 Å². The van der Waals surface area contributed by atoms with Crippen LogP contribution in [0.4, 0.5) is 0 Å². The summed E-state index contributed by atoms with van der Waals surface area (Å²) < 4.78 is 17.1. The second-order valence-electron chi connectivity index (χ2n) is 4.89. The highest BCUT2D eigenvalue weighted by molar-refractivity contribution is 6.27. The molecule has 1 saturated heterocycles. The largest absolute Gasteiger partial charge is 0.361 e. The number of amides is 1. The standard InChI is InChI=1S/C13H22ClNO4/c1-2-17-10-15(12(16)9-14)11-5-3-4-6-13(11)18-7-8-19-13/h11H,2-10H2,1H3. The van der Waals surface area contributed by atoms with Gasteiger partial charge in [-0.2, -0.15) is 0 Å². The van der Waals surface area contributed by atoms with E-state index in [0.717, 1.165) is 25.7 Å². The Morgan fingerprint density at radius 1 is 1.42 bits per heavy atom. The van der Waals surface area contributed by atoms with Crippen LogP contribution in [0.5, 0.6) is 0 Å². The molecular weight excluding hydrogens is 270 g/mol. The van der Waals surface area contributed by atoms with Crippen molar-refractivity contribution in [1.29, 1.82) is 0 Å². The van der Waals surface area contributed by atoms with Crippen LogP contribution >= 0.6 is 11.6 Å². The number of halogens is 1. The summed E-state index contributed by atoms with van der Waals surface area (Å²) in [5, 5.41) is 0. The fraction of sp³-hybridized carbons (Fsp3) is 0.923. The molecule has 1 unspecified atom stereocenters. The van der Waals surface area contributed by atoms with E-state index in [1.165, 1.54) is 0 Å². The molecule has 2 fully saturated rings. The number of carbonyl (C=O) groups is 1. The summed E-state index contributed by atoms with van der Waals surface area (Å²) in [6.07, 6.45) is 3.83. The number of hydrogen-bond acceptors (Lipinski definition) is 4. The zero-order valence-electron chi connectivity index (χ0n) is 11.4. The van der Waals surface area contributed by atoms with Crippen LogP contribution in [0.1, 0.15) is 32.6 Å². The van der Waals surface area contributed by atoms with Gasteiger partial charge >= 0.3 is 0 Å². The van der Waals surface area contributed by atoms with Gasteiger partial charge in [0.15, 0.2) is 5.79 Å². The van der Waals surface area contributed by atoms with Crippen molar-refractivity contribution in [3.05, 3.63) is 0 Å². The number of alkyl halides is 1. The van der Waals surface area contributed by atoms with Crippen molar-refractivity contribution in [2.45, 2.75) is 44.4 Å². The Morgan fingerprint density at radius 3 is 2.79 bits per heavy atom. The Labute approximate surface area is 119 Å². The minimum Gasteiger partial charge on any atom is -0.361 e. The lowest BCUT2D eigenvalue weighted by Gasteiger charge is -2.44. The molecule has 0 aromatic rings. The zero-order chi connectivity index (χ0) is 13.7. The molecule has 1 heterocycles. The van der Waals surface area contributed by atoms with Gasteiger partial charge in [-0.05, 0) is 19.8 Å². The first-order chi connectivity index (χ1) is 9.23. The monoisotopic (exact) mass is 291 g/mol. The molecule has 6 heteroatoms. The van der Waals surface area contributed by atoms with Crippen LogP contribution in [0.3, 0.4) is 0 Å². The average molecular weight is 292 g/mol. The Hall–Kier alpha value is -0.360. The Balaban J connectivity index is 2.14. The summed E-state index contributed by atoms with van der Waals surface area (Å²) in [5.74, 6) is -0.808. The average Bonchev–Trinajstić information content (AvgIpc) is 2.89. The van der Waals surface area contributed by atoms with E-state index < -0.39 is 5.79 Å². The smallest absolute Gasteiger partial charge is 0.239 e.